The molecule has 1 aliphatic rings. The molecule has 5 rings (SSSR count). The van der Waals surface area contributed by atoms with Crippen molar-refractivity contribution >= 4 is 11.2 Å². The second-order valence-electron chi connectivity index (χ2n) is 8.83. The smallest absolute Gasteiger partial charge is 0.116 e. The van der Waals surface area contributed by atoms with E-state index in [-0.39, 0.29) is 6.04 Å². The fraction of sp³-hybridized carbons (Fsp3) is 0.348. The highest BCUT2D eigenvalue weighted by molar-refractivity contribution is 5.79. The molecular weight excluding hydrogens is 420 g/mol. The predicted octanol–water partition coefficient (Wildman–Crippen LogP) is 2.50. The van der Waals surface area contributed by atoms with Crippen molar-refractivity contribution in [2.24, 2.45) is 0 Å². The topological polar surface area (TPSA) is 126 Å². The van der Waals surface area contributed by atoms with Crippen LogP contribution in [-0.2, 0) is 11.3 Å². The summed E-state index contributed by atoms with van der Waals surface area (Å²) in [7, 11) is 0. The molecule has 5 heterocycles. The molecule has 0 unspecified atom stereocenters. The Hall–Kier alpha value is -3.81. The van der Waals surface area contributed by atoms with Crippen molar-refractivity contribution in [2.45, 2.75) is 38.5 Å². The van der Waals surface area contributed by atoms with Crippen LogP contribution in [0.5, 0.6) is 0 Å². The van der Waals surface area contributed by atoms with Gasteiger partial charge in [0.2, 0.25) is 0 Å². The molecule has 1 aliphatic heterocycles. The number of hydrogen-bond acceptors (Lipinski definition) is 8. The zero-order valence-corrected chi connectivity index (χ0v) is 18.4. The van der Waals surface area contributed by atoms with Gasteiger partial charge in [-0.05, 0) is 44.5 Å². The Labute approximate surface area is 190 Å². The monoisotopic (exact) mass is 444 g/mol. The molecule has 1 saturated heterocycles. The predicted molar refractivity (Wildman–Crippen MR) is 121 cm³/mol. The van der Waals surface area contributed by atoms with Crippen molar-refractivity contribution in [3.8, 4) is 28.7 Å². The zero-order chi connectivity index (χ0) is 23.0. The van der Waals surface area contributed by atoms with Crippen LogP contribution in [0.2, 0.25) is 0 Å². The minimum absolute atomic E-state index is 0.213. The molecule has 2 N–H and O–H groups in total. The Bertz CT molecular complexity index is 1340. The molecule has 0 amide bonds. The van der Waals surface area contributed by atoms with E-state index in [0.717, 1.165) is 28.2 Å². The Morgan fingerprint density at radius 1 is 1.24 bits per heavy atom. The van der Waals surface area contributed by atoms with Crippen LogP contribution in [0.15, 0.2) is 42.9 Å². The van der Waals surface area contributed by atoms with Crippen LogP contribution in [0.3, 0.4) is 0 Å². The first-order valence-electron chi connectivity index (χ1n) is 10.7. The maximum absolute atomic E-state index is 9.99. The Morgan fingerprint density at radius 3 is 2.82 bits per heavy atom. The highest BCUT2D eigenvalue weighted by atomic mass is 16.5. The Balaban J connectivity index is 1.50. The van der Waals surface area contributed by atoms with Gasteiger partial charge in [0.15, 0.2) is 0 Å². The maximum atomic E-state index is 9.99. The summed E-state index contributed by atoms with van der Waals surface area (Å²) in [4.78, 5) is 4.68. The molecule has 4 aromatic rings. The average Bonchev–Trinajstić information content (AvgIpc) is 3.41. The van der Waals surface area contributed by atoms with Gasteiger partial charge in [0.25, 0.3) is 0 Å². The normalized spacial score (nSPS) is 14.2. The minimum atomic E-state index is -0.770. The number of ether oxygens (including phenoxy) is 1. The van der Waals surface area contributed by atoms with Gasteiger partial charge < -0.3 is 15.2 Å². The van der Waals surface area contributed by atoms with Crippen LogP contribution in [-0.4, -0.2) is 59.6 Å². The molecule has 4 aromatic heterocycles. The number of nitrogens with zero attached hydrogens (tertiary/aromatic N) is 7. The van der Waals surface area contributed by atoms with Crippen molar-refractivity contribution in [1.82, 2.24) is 29.6 Å². The number of pyridine rings is 1. The summed E-state index contributed by atoms with van der Waals surface area (Å²) >= 11 is 0. The standard InChI is InChI=1S/C23H24N8O2/c1-23(2,32)5-6-30-12-21(28-29-30)18-11-25-20(8-19(18)27-16-13-33-14-16)22-4-3-17-7-15(9-24)10-26-31(17)22/h3-4,7-8,10-12,16,32H,5-6,13-14H2,1-2H3,(H,25,27). The van der Waals surface area contributed by atoms with Crippen molar-refractivity contribution < 1.29 is 9.84 Å². The van der Waals surface area contributed by atoms with Crippen molar-refractivity contribution in [3.05, 3.63) is 48.4 Å². The first kappa shape index (κ1) is 21.1. The number of aryl methyl sites for hydroxylation is 1. The molecule has 33 heavy (non-hydrogen) atoms. The lowest BCUT2D eigenvalue weighted by Gasteiger charge is -2.28. The van der Waals surface area contributed by atoms with Crippen LogP contribution >= 0.6 is 0 Å². The third kappa shape index (κ3) is 4.41. The molecule has 0 bridgehead atoms. The van der Waals surface area contributed by atoms with Gasteiger partial charge >= 0.3 is 0 Å². The van der Waals surface area contributed by atoms with E-state index >= 15 is 0 Å². The number of aromatic nitrogens is 6. The molecule has 0 spiro atoms. The second kappa shape index (κ2) is 8.27. The van der Waals surface area contributed by atoms with Gasteiger partial charge in [0.1, 0.15) is 11.8 Å². The molecule has 0 saturated carbocycles. The van der Waals surface area contributed by atoms with Crippen LogP contribution in [0, 0.1) is 11.3 Å². The van der Waals surface area contributed by atoms with E-state index < -0.39 is 5.60 Å². The van der Waals surface area contributed by atoms with Gasteiger partial charge in [0, 0.05) is 24.0 Å². The van der Waals surface area contributed by atoms with Crippen molar-refractivity contribution in [1.29, 1.82) is 5.26 Å². The summed E-state index contributed by atoms with van der Waals surface area (Å²) in [5.74, 6) is 0. The number of aliphatic hydroxyl groups is 1. The molecule has 1 fully saturated rings. The summed E-state index contributed by atoms with van der Waals surface area (Å²) < 4.78 is 8.83. The van der Waals surface area contributed by atoms with E-state index in [0.29, 0.717) is 37.4 Å². The van der Waals surface area contributed by atoms with Crippen LogP contribution in [0.25, 0.3) is 28.2 Å². The Morgan fingerprint density at radius 2 is 2.09 bits per heavy atom. The van der Waals surface area contributed by atoms with Gasteiger partial charge in [-0.2, -0.15) is 10.4 Å². The van der Waals surface area contributed by atoms with E-state index in [2.05, 4.69) is 31.8 Å². The minimum Gasteiger partial charge on any atom is -0.390 e. The number of hydrogen-bond donors (Lipinski definition) is 2. The molecule has 0 aliphatic carbocycles. The molecule has 0 radical (unpaired) electrons. The summed E-state index contributed by atoms with van der Waals surface area (Å²) in [6.07, 6.45) is 5.76. The quantitative estimate of drug-likeness (QED) is 0.445. The van der Waals surface area contributed by atoms with E-state index in [1.165, 1.54) is 0 Å². The second-order valence-corrected chi connectivity index (χ2v) is 8.83. The summed E-state index contributed by atoms with van der Waals surface area (Å²) in [5, 5.41) is 35.6. The number of rotatable bonds is 7. The third-order valence-electron chi connectivity index (χ3n) is 5.56. The third-order valence-corrected chi connectivity index (χ3v) is 5.56. The van der Waals surface area contributed by atoms with Crippen molar-refractivity contribution in [2.75, 3.05) is 18.5 Å². The molecule has 10 nitrogen and oxygen atoms in total. The van der Waals surface area contributed by atoms with Gasteiger partial charge in [-0.15, -0.1) is 5.10 Å². The Kier molecular flexibility index (Phi) is 5.28. The highest BCUT2D eigenvalue weighted by Gasteiger charge is 2.22. The lowest BCUT2D eigenvalue weighted by Crippen LogP contribution is -2.40. The fourth-order valence-corrected chi connectivity index (χ4v) is 3.63. The number of nitriles is 1. The fourth-order valence-electron chi connectivity index (χ4n) is 3.63. The lowest BCUT2D eigenvalue weighted by molar-refractivity contribution is 0.0211. The van der Waals surface area contributed by atoms with Crippen LogP contribution in [0.4, 0.5) is 5.69 Å². The first-order chi connectivity index (χ1) is 15.9. The highest BCUT2D eigenvalue weighted by Crippen LogP contribution is 2.31. The summed E-state index contributed by atoms with van der Waals surface area (Å²) in [5.41, 5.74) is 4.54. The van der Waals surface area contributed by atoms with Gasteiger partial charge in [0.05, 0.1) is 59.7 Å². The summed E-state index contributed by atoms with van der Waals surface area (Å²) in [6, 6.07) is 9.95. The molecule has 10 heteroatoms. The number of nitrogens with one attached hydrogen (secondary N) is 1. The van der Waals surface area contributed by atoms with E-state index in [1.807, 2.05) is 24.4 Å². The van der Waals surface area contributed by atoms with E-state index in [1.54, 1.807) is 41.5 Å². The summed E-state index contributed by atoms with van der Waals surface area (Å²) in [6.45, 7) is 5.40. The maximum Gasteiger partial charge on any atom is 0.116 e. The van der Waals surface area contributed by atoms with Gasteiger partial charge in [-0.3, -0.25) is 9.67 Å². The van der Waals surface area contributed by atoms with Gasteiger partial charge in [-0.25, -0.2) is 4.52 Å². The lowest BCUT2D eigenvalue weighted by atomic mass is 10.1. The van der Waals surface area contributed by atoms with E-state index in [4.69, 9.17) is 10.00 Å². The molecule has 0 aromatic carbocycles. The molecule has 168 valence electrons. The number of anilines is 1. The molecular formula is C23H24N8O2. The number of fused-ring (bicyclic) bond motifs is 1. The van der Waals surface area contributed by atoms with Gasteiger partial charge in [-0.1, -0.05) is 5.21 Å². The first-order valence-corrected chi connectivity index (χ1v) is 10.7. The van der Waals surface area contributed by atoms with Crippen LogP contribution in [0.1, 0.15) is 25.8 Å². The van der Waals surface area contributed by atoms with Crippen LogP contribution < -0.4 is 5.32 Å². The van der Waals surface area contributed by atoms with Crippen molar-refractivity contribution in [3.63, 3.8) is 0 Å². The SMILES string of the molecule is CC(C)(O)CCn1cc(-c2cnc(-c3ccc4cc(C#N)cnn34)cc2NC2COC2)nn1. The largest absolute Gasteiger partial charge is 0.390 e. The molecule has 0 atom stereocenters. The average molecular weight is 444 g/mol. The van der Waals surface area contributed by atoms with E-state index in [9.17, 15) is 5.11 Å². The zero-order valence-electron chi connectivity index (χ0n) is 18.4.